The van der Waals surface area contributed by atoms with E-state index in [-0.39, 0.29) is 0 Å². The average Bonchev–Trinajstić information content (AvgIpc) is 2.31. The maximum atomic E-state index is 5.36. The number of aryl methyl sites for hydroxylation is 1. The van der Waals surface area contributed by atoms with E-state index in [1.54, 1.807) is 0 Å². The zero-order valence-electron chi connectivity index (χ0n) is 10.2. The minimum Gasteiger partial charge on any atom is -0.381 e. The Kier molecular flexibility index (Phi) is 3.97. The molecule has 1 fully saturated rings. The molecule has 1 aliphatic heterocycles. The fourth-order valence-corrected chi connectivity index (χ4v) is 2.17. The largest absolute Gasteiger partial charge is 0.381 e. The zero-order chi connectivity index (χ0) is 11.4. The Morgan fingerprint density at radius 2 is 1.81 bits per heavy atom. The van der Waals surface area contributed by atoms with Gasteiger partial charge in [0.25, 0.3) is 0 Å². The maximum absolute atomic E-state index is 5.36. The van der Waals surface area contributed by atoms with Gasteiger partial charge in [0.1, 0.15) is 0 Å². The molecule has 16 heavy (non-hydrogen) atoms. The summed E-state index contributed by atoms with van der Waals surface area (Å²) < 4.78 is 5.36. The standard InChI is InChI=1S/C14H21NO/c1-11-3-5-13(6-4-11)12(2)15-14-7-9-16-10-8-14/h3-6,12,14-15H,7-10H2,1-2H3. The number of hydrogen-bond donors (Lipinski definition) is 1. The highest BCUT2D eigenvalue weighted by molar-refractivity contribution is 5.23. The molecule has 2 rings (SSSR count). The van der Waals surface area contributed by atoms with E-state index in [1.165, 1.54) is 11.1 Å². The molecule has 1 atom stereocenters. The second-order valence-electron chi connectivity index (χ2n) is 4.69. The first-order valence-corrected chi connectivity index (χ1v) is 6.16. The fraction of sp³-hybridized carbons (Fsp3) is 0.571. The Morgan fingerprint density at radius 3 is 2.44 bits per heavy atom. The predicted octanol–water partition coefficient (Wildman–Crippen LogP) is 2.82. The van der Waals surface area contributed by atoms with Crippen LogP contribution in [-0.4, -0.2) is 19.3 Å². The van der Waals surface area contributed by atoms with E-state index < -0.39 is 0 Å². The highest BCUT2D eigenvalue weighted by Crippen LogP contribution is 2.16. The van der Waals surface area contributed by atoms with Crippen LogP contribution in [0.15, 0.2) is 24.3 Å². The van der Waals surface area contributed by atoms with Crippen molar-refractivity contribution in [3.05, 3.63) is 35.4 Å². The van der Waals surface area contributed by atoms with E-state index in [0.29, 0.717) is 12.1 Å². The Bertz CT molecular complexity index is 314. The van der Waals surface area contributed by atoms with Crippen molar-refractivity contribution in [3.8, 4) is 0 Å². The monoisotopic (exact) mass is 219 g/mol. The van der Waals surface area contributed by atoms with Crippen LogP contribution in [0.25, 0.3) is 0 Å². The molecule has 0 spiro atoms. The van der Waals surface area contributed by atoms with E-state index in [1.807, 2.05) is 0 Å². The molecule has 1 aromatic rings. The molecule has 0 aromatic heterocycles. The summed E-state index contributed by atoms with van der Waals surface area (Å²) in [5.74, 6) is 0. The molecule has 1 N–H and O–H groups in total. The molecule has 1 aliphatic rings. The number of ether oxygens (including phenoxy) is 1. The molecule has 0 saturated carbocycles. The van der Waals surface area contributed by atoms with Gasteiger partial charge in [0.15, 0.2) is 0 Å². The normalized spacial score (nSPS) is 19.6. The van der Waals surface area contributed by atoms with E-state index in [9.17, 15) is 0 Å². The fourth-order valence-electron chi connectivity index (χ4n) is 2.17. The van der Waals surface area contributed by atoms with Gasteiger partial charge in [0.2, 0.25) is 0 Å². The van der Waals surface area contributed by atoms with Crippen molar-refractivity contribution < 1.29 is 4.74 Å². The van der Waals surface area contributed by atoms with E-state index in [2.05, 4.69) is 43.4 Å². The Morgan fingerprint density at radius 1 is 1.19 bits per heavy atom. The first-order chi connectivity index (χ1) is 7.75. The van der Waals surface area contributed by atoms with Crippen LogP contribution in [-0.2, 0) is 4.74 Å². The first kappa shape index (κ1) is 11.6. The molecule has 2 nitrogen and oxygen atoms in total. The SMILES string of the molecule is Cc1ccc(C(C)NC2CCOCC2)cc1. The van der Waals surface area contributed by atoms with Crippen LogP contribution in [0.4, 0.5) is 0 Å². The summed E-state index contributed by atoms with van der Waals surface area (Å²) in [4.78, 5) is 0. The van der Waals surface area contributed by atoms with Crippen LogP contribution >= 0.6 is 0 Å². The van der Waals surface area contributed by atoms with Gasteiger partial charge in [-0.2, -0.15) is 0 Å². The summed E-state index contributed by atoms with van der Waals surface area (Å²) in [6.45, 7) is 6.16. The number of nitrogens with one attached hydrogen (secondary N) is 1. The van der Waals surface area contributed by atoms with Gasteiger partial charge in [-0.15, -0.1) is 0 Å². The summed E-state index contributed by atoms with van der Waals surface area (Å²) in [7, 11) is 0. The first-order valence-electron chi connectivity index (χ1n) is 6.16. The Hall–Kier alpha value is -0.860. The molecule has 0 bridgehead atoms. The van der Waals surface area contributed by atoms with Crippen molar-refractivity contribution in [3.63, 3.8) is 0 Å². The molecule has 0 amide bonds. The van der Waals surface area contributed by atoms with Gasteiger partial charge in [-0.3, -0.25) is 0 Å². The minimum absolute atomic E-state index is 0.434. The van der Waals surface area contributed by atoms with Gasteiger partial charge in [0.05, 0.1) is 0 Å². The van der Waals surface area contributed by atoms with Crippen LogP contribution in [0, 0.1) is 6.92 Å². The second-order valence-corrected chi connectivity index (χ2v) is 4.69. The van der Waals surface area contributed by atoms with E-state index >= 15 is 0 Å². The molecule has 1 heterocycles. The second kappa shape index (κ2) is 5.46. The van der Waals surface area contributed by atoms with Crippen LogP contribution < -0.4 is 5.32 Å². The highest BCUT2D eigenvalue weighted by Gasteiger charge is 2.16. The number of rotatable bonds is 3. The lowest BCUT2D eigenvalue weighted by Gasteiger charge is -2.27. The van der Waals surface area contributed by atoms with Crippen molar-refractivity contribution in [1.82, 2.24) is 5.32 Å². The molecule has 2 heteroatoms. The van der Waals surface area contributed by atoms with Crippen LogP contribution in [0.2, 0.25) is 0 Å². The van der Waals surface area contributed by atoms with Gasteiger partial charge in [-0.1, -0.05) is 29.8 Å². The van der Waals surface area contributed by atoms with Crippen molar-refractivity contribution in [2.45, 2.75) is 38.8 Å². The summed E-state index contributed by atoms with van der Waals surface area (Å²) in [6, 6.07) is 9.84. The van der Waals surface area contributed by atoms with Gasteiger partial charge < -0.3 is 10.1 Å². The van der Waals surface area contributed by atoms with Crippen LogP contribution in [0.3, 0.4) is 0 Å². The van der Waals surface area contributed by atoms with Crippen molar-refractivity contribution in [2.75, 3.05) is 13.2 Å². The van der Waals surface area contributed by atoms with Crippen LogP contribution in [0.5, 0.6) is 0 Å². The smallest absolute Gasteiger partial charge is 0.0480 e. The molecular formula is C14H21NO. The van der Waals surface area contributed by atoms with Crippen LogP contribution in [0.1, 0.15) is 36.9 Å². The van der Waals surface area contributed by atoms with E-state index in [4.69, 9.17) is 4.74 Å². The molecule has 0 radical (unpaired) electrons. The quantitative estimate of drug-likeness (QED) is 0.844. The highest BCUT2D eigenvalue weighted by atomic mass is 16.5. The lowest BCUT2D eigenvalue weighted by Crippen LogP contribution is -2.36. The minimum atomic E-state index is 0.434. The summed E-state index contributed by atoms with van der Waals surface area (Å²) in [5.41, 5.74) is 2.69. The Balaban J connectivity index is 1.91. The zero-order valence-corrected chi connectivity index (χ0v) is 10.2. The summed E-state index contributed by atoms with van der Waals surface area (Å²) in [6.07, 6.45) is 2.27. The third kappa shape index (κ3) is 3.06. The topological polar surface area (TPSA) is 21.3 Å². The van der Waals surface area contributed by atoms with Gasteiger partial charge >= 0.3 is 0 Å². The maximum Gasteiger partial charge on any atom is 0.0480 e. The summed E-state index contributed by atoms with van der Waals surface area (Å²) in [5, 5.41) is 3.67. The van der Waals surface area contributed by atoms with Crippen molar-refractivity contribution in [1.29, 1.82) is 0 Å². The molecule has 1 saturated heterocycles. The molecular weight excluding hydrogens is 198 g/mol. The number of hydrogen-bond acceptors (Lipinski definition) is 2. The van der Waals surface area contributed by atoms with Gasteiger partial charge in [-0.25, -0.2) is 0 Å². The van der Waals surface area contributed by atoms with Crippen molar-refractivity contribution >= 4 is 0 Å². The van der Waals surface area contributed by atoms with Crippen molar-refractivity contribution in [2.24, 2.45) is 0 Å². The lowest BCUT2D eigenvalue weighted by molar-refractivity contribution is 0.0754. The summed E-state index contributed by atoms with van der Waals surface area (Å²) >= 11 is 0. The molecule has 1 unspecified atom stereocenters. The van der Waals surface area contributed by atoms with Gasteiger partial charge in [-0.05, 0) is 32.3 Å². The predicted molar refractivity (Wildman–Crippen MR) is 66.6 cm³/mol. The van der Waals surface area contributed by atoms with Gasteiger partial charge in [0, 0.05) is 25.3 Å². The number of benzene rings is 1. The third-order valence-corrected chi connectivity index (χ3v) is 3.28. The molecule has 88 valence electrons. The average molecular weight is 219 g/mol. The van der Waals surface area contributed by atoms with E-state index in [0.717, 1.165) is 26.1 Å². The lowest BCUT2D eigenvalue weighted by atomic mass is 10.0. The molecule has 0 aliphatic carbocycles. The Labute approximate surface area is 98.0 Å². The third-order valence-electron chi connectivity index (χ3n) is 3.28. The molecule has 1 aromatic carbocycles.